The van der Waals surface area contributed by atoms with Gasteiger partial charge >= 0.3 is 0 Å². The van der Waals surface area contributed by atoms with Gasteiger partial charge in [0.1, 0.15) is 0 Å². The number of rotatable bonds is 8. The Morgan fingerprint density at radius 3 is 2.19 bits per heavy atom. The number of halogens is 1. The van der Waals surface area contributed by atoms with Crippen LogP contribution < -0.4 is 5.32 Å². The number of nitrogens with one attached hydrogen (secondary N) is 1. The molecule has 1 N–H and O–H groups in total. The third-order valence-corrected chi connectivity index (χ3v) is 6.35. The molecule has 0 spiro atoms. The fourth-order valence-electron chi connectivity index (χ4n) is 2.49. The number of hydrogen-bond donors (Lipinski definition) is 1. The van der Waals surface area contributed by atoms with Gasteiger partial charge in [-0.3, -0.25) is 4.79 Å². The highest BCUT2D eigenvalue weighted by Gasteiger charge is 2.21. The summed E-state index contributed by atoms with van der Waals surface area (Å²) in [6.07, 6.45) is 3.15. The van der Waals surface area contributed by atoms with Crippen molar-refractivity contribution in [2.45, 2.75) is 25.3 Å². The number of carbonyl (C=O) groups is 1. The molecule has 0 unspecified atom stereocenters. The molecule has 27 heavy (non-hydrogen) atoms. The van der Waals surface area contributed by atoms with E-state index in [2.05, 4.69) is 5.32 Å². The van der Waals surface area contributed by atoms with Gasteiger partial charge in [0.2, 0.25) is 15.9 Å². The molecule has 0 radical (unpaired) electrons. The molecule has 144 valence electrons. The number of amides is 1. The molecule has 0 atom stereocenters. The van der Waals surface area contributed by atoms with Crippen LogP contribution in [-0.4, -0.2) is 31.7 Å². The van der Waals surface area contributed by atoms with Gasteiger partial charge in [-0.2, -0.15) is 4.31 Å². The lowest BCUT2D eigenvalue weighted by Crippen LogP contribution is -2.30. The minimum atomic E-state index is -3.47. The van der Waals surface area contributed by atoms with Crippen LogP contribution in [0.1, 0.15) is 25.0 Å². The van der Waals surface area contributed by atoms with E-state index in [0.29, 0.717) is 24.7 Å². The summed E-state index contributed by atoms with van der Waals surface area (Å²) < 4.78 is 26.3. The normalized spacial score (nSPS) is 11.9. The average Bonchev–Trinajstić information content (AvgIpc) is 2.67. The smallest absolute Gasteiger partial charge is 0.244 e. The molecule has 2 aromatic rings. The van der Waals surface area contributed by atoms with Crippen molar-refractivity contribution in [1.29, 1.82) is 0 Å². The van der Waals surface area contributed by atoms with E-state index in [-0.39, 0.29) is 10.8 Å². The molecule has 0 saturated carbocycles. The predicted molar refractivity (Wildman–Crippen MR) is 109 cm³/mol. The van der Waals surface area contributed by atoms with E-state index < -0.39 is 10.0 Å². The van der Waals surface area contributed by atoms with Crippen molar-refractivity contribution in [3.8, 4) is 0 Å². The number of carbonyl (C=O) groups excluding carboxylic acids is 1. The number of nitrogens with zero attached hydrogens (tertiary/aromatic N) is 1. The first-order valence-electron chi connectivity index (χ1n) is 8.67. The maximum atomic E-state index is 12.5. The zero-order valence-corrected chi connectivity index (χ0v) is 16.9. The Labute approximate surface area is 165 Å². The summed E-state index contributed by atoms with van der Waals surface area (Å²) in [5.74, 6) is -0.232. The van der Waals surface area contributed by atoms with Crippen LogP contribution in [0, 0.1) is 0 Å². The molecule has 0 bridgehead atoms. The van der Waals surface area contributed by atoms with Crippen molar-refractivity contribution in [3.05, 3.63) is 70.8 Å². The highest BCUT2D eigenvalue weighted by molar-refractivity contribution is 7.89. The second kappa shape index (κ2) is 9.69. The number of benzene rings is 2. The summed E-state index contributed by atoms with van der Waals surface area (Å²) in [5.41, 5.74) is 1.70. The summed E-state index contributed by atoms with van der Waals surface area (Å²) in [5, 5.41) is 3.41. The van der Waals surface area contributed by atoms with Crippen molar-refractivity contribution in [1.82, 2.24) is 9.62 Å². The molecule has 0 fully saturated rings. The predicted octanol–water partition coefficient (Wildman–Crippen LogP) is 3.70. The van der Waals surface area contributed by atoms with Gasteiger partial charge in [0.25, 0.3) is 0 Å². The largest absolute Gasteiger partial charge is 0.348 e. The number of sulfonamides is 1. The van der Waals surface area contributed by atoms with Gasteiger partial charge in [0.15, 0.2) is 0 Å². The Bertz CT molecular complexity index is 888. The van der Waals surface area contributed by atoms with Crippen LogP contribution in [0.15, 0.2) is 59.5 Å². The van der Waals surface area contributed by atoms with Crippen molar-refractivity contribution in [2.24, 2.45) is 0 Å². The SMILES string of the molecule is CCN(CC)S(=O)(=O)c1ccc(CNC(=O)/C=C/c2ccc(Cl)cc2)cc1. The summed E-state index contributed by atoms with van der Waals surface area (Å²) >= 11 is 5.82. The Morgan fingerprint density at radius 1 is 1.04 bits per heavy atom. The summed E-state index contributed by atoms with van der Waals surface area (Å²) in [7, 11) is -3.47. The molecule has 2 aromatic carbocycles. The maximum Gasteiger partial charge on any atom is 0.244 e. The van der Waals surface area contributed by atoms with Crippen molar-refractivity contribution < 1.29 is 13.2 Å². The van der Waals surface area contributed by atoms with Gasteiger partial charge in [-0.05, 0) is 41.5 Å². The van der Waals surface area contributed by atoms with E-state index in [1.54, 1.807) is 42.5 Å². The van der Waals surface area contributed by atoms with Crippen LogP contribution in [0.5, 0.6) is 0 Å². The first-order valence-corrected chi connectivity index (χ1v) is 10.5. The minimum absolute atomic E-state index is 0.232. The second-order valence-corrected chi connectivity index (χ2v) is 8.21. The topological polar surface area (TPSA) is 66.5 Å². The molecule has 0 aliphatic heterocycles. The molecule has 0 saturated heterocycles. The molecule has 2 rings (SSSR count). The zero-order valence-electron chi connectivity index (χ0n) is 15.4. The fourth-order valence-corrected chi connectivity index (χ4v) is 4.07. The fraction of sp³-hybridized carbons (Fsp3) is 0.250. The third-order valence-electron chi connectivity index (χ3n) is 4.03. The Morgan fingerprint density at radius 2 is 1.63 bits per heavy atom. The van der Waals surface area contributed by atoms with E-state index in [4.69, 9.17) is 11.6 Å². The zero-order chi connectivity index (χ0) is 19.9. The lowest BCUT2D eigenvalue weighted by Gasteiger charge is -2.18. The van der Waals surface area contributed by atoms with Crippen LogP contribution in [0.2, 0.25) is 5.02 Å². The summed E-state index contributed by atoms with van der Waals surface area (Å²) in [6.45, 7) is 4.79. The van der Waals surface area contributed by atoms with Gasteiger partial charge in [-0.15, -0.1) is 0 Å². The lowest BCUT2D eigenvalue weighted by molar-refractivity contribution is -0.116. The maximum absolute atomic E-state index is 12.5. The minimum Gasteiger partial charge on any atom is -0.348 e. The molecule has 0 heterocycles. The first-order chi connectivity index (χ1) is 12.9. The molecule has 0 aromatic heterocycles. The molecular formula is C20H23ClN2O3S. The quantitative estimate of drug-likeness (QED) is 0.679. The molecule has 0 aliphatic carbocycles. The Kier molecular flexibility index (Phi) is 7.59. The van der Waals surface area contributed by atoms with E-state index in [1.165, 1.54) is 10.4 Å². The Hall–Kier alpha value is -2.15. The van der Waals surface area contributed by atoms with Crippen LogP contribution in [0.25, 0.3) is 6.08 Å². The van der Waals surface area contributed by atoms with Crippen molar-refractivity contribution >= 4 is 33.6 Å². The monoisotopic (exact) mass is 406 g/mol. The second-order valence-electron chi connectivity index (χ2n) is 5.84. The molecular weight excluding hydrogens is 384 g/mol. The number of hydrogen-bond acceptors (Lipinski definition) is 3. The Balaban J connectivity index is 1.94. The van der Waals surface area contributed by atoms with Crippen LogP contribution in [-0.2, 0) is 21.4 Å². The molecule has 5 nitrogen and oxygen atoms in total. The molecule has 0 aliphatic rings. The molecule has 1 amide bonds. The summed E-state index contributed by atoms with van der Waals surface area (Å²) in [4.78, 5) is 12.2. The van der Waals surface area contributed by atoms with E-state index in [0.717, 1.165) is 11.1 Å². The lowest BCUT2D eigenvalue weighted by atomic mass is 10.2. The van der Waals surface area contributed by atoms with E-state index in [1.807, 2.05) is 26.0 Å². The van der Waals surface area contributed by atoms with Gasteiger partial charge in [-0.25, -0.2) is 8.42 Å². The van der Waals surface area contributed by atoms with Crippen LogP contribution >= 0.6 is 11.6 Å². The van der Waals surface area contributed by atoms with E-state index in [9.17, 15) is 13.2 Å². The van der Waals surface area contributed by atoms with E-state index >= 15 is 0 Å². The third kappa shape index (κ3) is 5.92. The van der Waals surface area contributed by atoms with Gasteiger partial charge in [0, 0.05) is 30.7 Å². The van der Waals surface area contributed by atoms with Gasteiger partial charge in [0.05, 0.1) is 4.90 Å². The summed E-state index contributed by atoms with van der Waals surface area (Å²) in [6, 6.07) is 13.7. The van der Waals surface area contributed by atoms with Crippen molar-refractivity contribution in [2.75, 3.05) is 13.1 Å². The molecule has 7 heteroatoms. The standard InChI is InChI=1S/C20H23ClN2O3S/c1-3-23(4-2)27(25,26)19-12-7-17(8-13-19)15-22-20(24)14-9-16-5-10-18(21)11-6-16/h5-14H,3-4,15H2,1-2H3,(H,22,24)/b14-9+. The van der Waals surface area contributed by atoms with Gasteiger partial charge < -0.3 is 5.32 Å². The van der Waals surface area contributed by atoms with Crippen LogP contribution in [0.3, 0.4) is 0 Å². The average molecular weight is 407 g/mol. The first kappa shape index (κ1) is 21.2. The highest BCUT2D eigenvalue weighted by atomic mass is 35.5. The van der Waals surface area contributed by atoms with Gasteiger partial charge in [-0.1, -0.05) is 49.7 Å². The van der Waals surface area contributed by atoms with Crippen LogP contribution in [0.4, 0.5) is 0 Å². The highest BCUT2D eigenvalue weighted by Crippen LogP contribution is 2.16. The van der Waals surface area contributed by atoms with Crippen molar-refractivity contribution in [3.63, 3.8) is 0 Å².